The van der Waals surface area contributed by atoms with Crippen LogP contribution < -0.4 is 10.2 Å². The highest BCUT2D eigenvalue weighted by Crippen LogP contribution is 2.24. The number of aromatic nitrogens is 2. The number of ether oxygens (including phenoxy) is 1. The minimum Gasteiger partial charge on any atom is -0.433 e. The molecule has 2 heterocycles. The Morgan fingerprint density at radius 1 is 1.33 bits per heavy atom. The highest BCUT2D eigenvalue weighted by atomic mass is 19.1. The van der Waals surface area contributed by atoms with Gasteiger partial charge in [-0.3, -0.25) is 0 Å². The van der Waals surface area contributed by atoms with E-state index < -0.39 is 12.0 Å². The van der Waals surface area contributed by atoms with Crippen molar-refractivity contribution < 1.29 is 18.8 Å². The predicted molar refractivity (Wildman–Crippen MR) is 121 cm³/mol. The molecule has 1 N–H and O–H groups in total. The Balaban J connectivity index is 1.50. The third kappa shape index (κ3) is 7.29. The van der Waals surface area contributed by atoms with Crippen LogP contribution in [-0.4, -0.2) is 54.5 Å². The number of hydroxylamine groups is 2. The molecule has 1 aromatic heterocycles. The molecule has 33 heavy (non-hydrogen) atoms. The number of nitrogens with one attached hydrogen (secondary N) is 1. The molecule has 0 atom stereocenters. The van der Waals surface area contributed by atoms with E-state index in [0.29, 0.717) is 37.3 Å². The quantitative estimate of drug-likeness (QED) is 0.588. The van der Waals surface area contributed by atoms with Crippen LogP contribution in [-0.2, 0) is 9.57 Å². The summed E-state index contributed by atoms with van der Waals surface area (Å²) in [6.45, 7) is 6.34. The molecule has 0 bridgehead atoms. The molecule has 0 unspecified atom stereocenters. The number of hydrogen-bond donors (Lipinski definition) is 1. The van der Waals surface area contributed by atoms with Gasteiger partial charge in [-0.1, -0.05) is 13.8 Å². The van der Waals surface area contributed by atoms with Gasteiger partial charge in [0.2, 0.25) is 0 Å². The lowest BCUT2D eigenvalue weighted by Crippen LogP contribution is -2.39. The Morgan fingerprint density at radius 2 is 2.09 bits per heavy atom. The summed E-state index contributed by atoms with van der Waals surface area (Å²) in [5.41, 5.74) is 0.491. The van der Waals surface area contributed by atoms with Crippen molar-refractivity contribution >= 4 is 23.5 Å². The fourth-order valence-corrected chi connectivity index (χ4v) is 3.48. The van der Waals surface area contributed by atoms with E-state index in [0.717, 1.165) is 19.4 Å². The largest absolute Gasteiger partial charge is 0.527 e. The smallest absolute Gasteiger partial charge is 0.433 e. The van der Waals surface area contributed by atoms with Gasteiger partial charge in [0, 0.05) is 32.7 Å². The van der Waals surface area contributed by atoms with E-state index in [2.05, 4.69) is 15.3 Å². The summed E-state index contributed by atoms with van der Waals surface area (Å²) in [6, 6.07) is 7.89. The van der Waals surface area contributed by atoms with Crippen molar-refractivity contribution in [3.8, 4) is 6.07 Å². The zero-order valence-electron chi connectivity index (χ0n) is 19.1. The maximum absolute atomic E-state index is 14.2. The van der Waals surface area contributed by atoms with Gasteiger partial charge in [0.15, 0.2) is 0 Å². The molecule has 1 saturated heterocycles. The van der Waals surface area contributed by atoms with Crippen molar-refractivity contribution in [1.82, 2.24) is 15.0 Å². The number of anilines is 3. The van der Waals surface area contributed by atoms with Gasteiger partial charge < -0.3 is 19.8 Å². The first-order chi connectivity index (χ1) is 15.8. The standard InChI is InChI=1S/C23H29FN6O3/c1-16(2)14-32-23(31)33-30-8-6-17(7-9-30)13-29(3)22-11-21(26-15-27-22)28-20-5-4-18(12-25)10-19(20)24/h4-5,10-11,15-17H,6-9,13-14H2,1-3H3,(H,26,27,28). The number of nitriles is 1. The maximum atomic E-state index is 14.2. The molecule has 9 nitrogen and oxygen atoms in total. The van der Waals surface area contributed by atoms with Crippen LogP contribution in [0.25, 0.3) is 0 Å². The van der Waals surface area contributed by atoms with Crippen LogP contribution in [0.5, 0.6) is 0 Å². The second-order valence-electron chi connectivity index (χ2n) is 8.49. The zero-order valence-corrected chi connectivity index (χ0v) is 19.1. The van der Waals surface area contributed by atoms with E-state index in [1.807, 2.05) is 31.9 Å². The van der Waals surface area contributed by atoms with Gasteiger partial charge in [0.1, 0.15) is 23.8 Å². The van der Waals surface area contributed by atoms with Gasteiger partial charge >= 0.3 is 6.16 Å². The van der Waals surface area contributed by atoms with Crippen LogP contribution >= 0.6 is 0 Å². The van der Waals surface area contributed by atoms with Crippen molar-refractivity contribution in [2.24, 2.45) is 11.8 Å². The average molecular weight is 457 g/mol. The number of halogens is 1. The summed E-state index contributed by atoms with van der Waals surface area (Å²) in [7, 11) is 1.95. The summed E-state index contributed by atoms with van der Waals surface area (Å²) in [5.74, 6) is 1.31. The molecular formula is C23H29FN6O3. The Hall–Kier alpha value is -3.45. The molecule has 0 saturated carbocycles. The molecule has 1 fully saturated rings. The van der Waals surface area contributed by atoms with Gasteiger partial charge in [-0.2, -0.15) is 5.26 Å². The van der Waals surface area contributed by atoms with Gasteiger partial charge in [-0.25, -0.2) is 19.2 Å². The molecule has 1 aromatic carbocycles. The molecule has 176 valence electrons. The van der Waals surface area contributed by atoms with Crippen molar-refractivity contribution in [2.75, 3.05) is 43.5 Å². The van der Waals surface area contributed by atoms with Gasteiger partial charge in [-0.15, -0.1) is 5.06 Å². The van der Waals surface area contributed by atoms with Crippen LogP contribution in [0.2, 0.25) is 0 Å². The zero-order chi connectivity index (χ0) is 23.8. The average Bonchev–Trinajstić information content (AvgIpc) is 2.80. The van der Waals surface area contributed by atoms with Crippen LogP contribution in [0, 0.1) is 29.0 Å². The molecule has 2 aromatic rings. The van der Waals surface area contributed by atoms with Gasteiger partial charge in [0.05, 0.1) is 23.9 Å². The molecule has 1 aliphatic heterocycles. The lowest BCUT2D eigenvalue weighted by molar-refractivity contribution is -0.143. The number of benzene rings is 1. The first-order valence-corrected chi connectivity index (χ1v) is 10.9. The molecule has 10 heteroatoms. The minimum absolute atomic E-state index is 0.237. The lowest BCUT2D eigenvalue weighted by Gasteiger charge is -2.32. The maximum Gasteiger partial charge on any atom is 0.527 e. The predicted octanol–water partition coefficient (Wildman–Crippen LogP) is 4.10. The number of carbonyl (C=O) groups excluding carboxylic acids is 1. The second kappa shape index (κ2) is 11.4. The molecule has 0 spiro atoms. The molecule has 3 rings (SSSR count). The van der Waals surface area contributed by atoms with Crippen LogP contribution in [0.15, 0.2) is 30.6 Å². The molecule has 0 aliphatic carbocycles. The van der Waals surface area contributed by atoms with Crippen molar-refractivity contribution in [3.05, 3.63) is 42.0 Å². The van der Waals surface area contributed by atoms with E-state index in [4.69, 9.17) is 14.8 Å². The number of rotatable bonds is 8. The van der Waals surface area contributed by atoms with E-state index in [9.17, 15) is 9.18 Å². The van der Waals surface area contributed by atoms with Crippen molar-refractivity contribution in [2.45, 2.75) is 26.7 Å². The molecule has 0 radical (unpaired) electrons. The fourth-order valence-electron chi connectivity index (χ4n) is 3.48. The van der Waals surface area contributed by atoms with Gasteiger partial charge in [0.25, 0.3) is 0 Å². The first-order valence-electron chi connectivity index (χ1n) is 10.9. The first kappa shape index (κ1) is 24.2. The summed E-state index contributed by atoms with van der Waals surface area (Å²) in [6.07, 6.45) is 2.51. The summed E-state index contributed by atoms with van der Waals surface area (Å²) in [4.78, 5) is 27.5. The third-order valence-corrected chi connectivity index (χ3v) is 5.25. The van der Waals surface area contributed by atoms with Crippen LogP contribution in [0.4, 0.5) is 26.5 Å². The molecular weight excluding hydrogens is 427 g/mol. The summed E-state index contributed by atoms with van der Waals surface area (Å²) >= 11 is 0. The normalized spacial score (nSPS) is 14.5. The highest BCUT2D eigenvalue weighted by Gasteiger charge is 2.24. The van der Waals surface area contributed by atoms with Crippen LogP contribution in [0.3, 0.4) is 0 Å². The second-order valence-corrected chi connectivity index (χ2v) is 8.49. The number of piperidine rings is 1. The highest BCUT2D eigenvalue weighted by molar-refractivity contribution is 5.61. The lowest BCUT2D eigenvalue weighted by atomic mass is 9.97. The number of nitrogens with zero attached hydrogens (tertiary/aromatic N) is 5. The van der Waals surface area contributed by atoms with E-state index in [-0.39, 0.29) is 17.2 Å². The van der Waals surface area contributed by atoms with E-state index in [1.54, 1.807) is 17.2 Å². The Kier molecular flexibility index (Phi) is 8.38. The SMILES string of the molecule is CC(C)COC(=O)ON1CCC(CN(C)c2cc(Nc3ccc(C#N)cc3F)ncn2)CC1. The van der Waals surface area contributed by atoms with Crippen molar-refractivity contribution in [1.29, 1.82) is 5.26 Å². The van der Waals surface area contributed by atoms with E-state index in [1.165, 1.54) is 18.5 Å². The Morgan fingerprint density at radius 3 is 2.76 bits per heavy atom. The number of hydrogen-bond acceptors (Lipinski definition) is 9. The molecule has 1 aliphatic rings. The third-order valence-electron chi connectivity index (χ3n) is 5.25. The van der Waals surface area contributed by atoms with Crippen molar-refractivity contribution in [3.63, 3.8) is 0 Å². The molecule has 0 amide bonds. The topological polar surface area (TPSA) is 104 Å². The Labute approximate surface area is 193 Å². The summed E-state index contributed by atoms with van der Waals surface area (Å²) in [5, 5.41) is 13.5. The summed E-state index contributed by atoms with van der Waals surface area (Å²) < 4.78 is 19.2. The Bertz CT molecular complexity index is 988. The fraction of sp³-hybridized carbons (Fsp3) is 0.478. The monoisotopic (exact) mass is 456 g/mol. The van der Waals surface area contributed by atoms with Gasteiger partial charge in [-0.05, 0) is 42.9 Å². The van der Waals surface area contributed by atoms with Crippen LogP contribution in [0.1, 0.15) is 32.3 Å². The number of carbonyl (C=O) groups is 1. The minimum atomic E-state index is -0.654. The van der Waals surface area contributed by atoms with E-state index >= 15 is 0 Å².